The van der Waals surface area contributed by atoms with Crippen LogP contribution in [-0.2, 0) is 0 Å². The Kier molecular flexibility index (Phi) is 5.80. The third kappa shape index (κ3) is 4.88. The van der Waals surface area contributed by atoms with Crippen LogP contribution in [0.2, 0.25) is 0 Å². The van der Waals surface area contributed by atoms with Gasteiger partial charge in [0.2, 0.25) is 0 Å². The van der Waals surface area contributed by atoms with Crippen molar-refractivity contribution in [2.75, 3.05) is 20.1 Å². The van der Waals surface area contributed by atoms with Crippen LogP contribution in [0.15, 0.2) is 0 Å². The summed E-state index contributed by atoms with van der Waals surface area (Å²) in [6.07, 6.45) is 0.239. The fraction of sp³-hybridized carbons (Fsp3) is 1.00. The van der Waals surface area contributed by atoms with E-state index in [9.17, 15) is 13.9 Å². The first kappa shape index (κ1) is 14.8. The number of halogens is 2. The molecule has 3 atom stereocenters. The lowest BCUT2D eigenvalue weighted by atomic mass is 9.74. The second-order valence-electron chi connectivity index (χ2n) is 5.76. The molecular formula is C13H25F2NO. The van der Waals surface area contributed by atoms with Gasteiger partial charge in [-0.05, 0) is 44.1 Å². The predicted octanol–water partition coefficient (Wildman–Crippen LogP) is 2.62. The summed E-state index contributed by atoms with van der Waals surface area (Å²) in [6, 6.07) is 0. The van der Waals surface area contributed by atoms with Crippen molar-refractivity contribution in [2.45, 2.75) is 45.6 Å². The monoisotopic (exact) mass is 249 g/mol. The van der Waals surface area contributed by atoms with Gasteiger partial charge in [0.1, 0.15) is 0 Å². The van der Waals surface area contributed by atoms with Gasteiger partial charge < -0.3 is 10.0 Å². The molecule has 1 rings (SSSR count). The Labute approximate surface area is 103 Å². The first-order valence-corrected chi connectivity index (χ1v) is 6.55. The van der Waals surface area contributed by atoms with E-state index in [1.54, 1.807) is 11.9 Å². The summed E-state index contributed by atoms with van der Waals surface area (Å²) in [5.41, 5.74) is 0. The molecule has 0 bridgehead atoms. The van der Waals surface area contributed by atoms with E-state index in [-0.39, 0.29) is 18.6 Å². The minimum atomic E-state index is -2.29. The molecule has 1 fully saturated rings. The molecule has 1 saturated carbocycles. The number of rotatable bonds is 5. The molecule has 0 radical (unpaired) electrons. The van der Waals surface area contributed by atoms with Crippen LogP contribution in [0.3, 0.4) is 0 Å². The van der Waals surface area contributed by atoms with E-state index in [0.717, 1.165) is 19.3 Å². The average molecular weight is 249 g/mol. The minimum Gasteiger partial charge on any atom is -0.393 e. The number of aliphatic hydroxyl groups is 1. The van der Waals surface area contributed by atoms with E-state index < -0.39 is 6.43 Å². The van der Waals surface area contributed by atoms with Crippen molar-refractivity contribution in [2.24, 2.45) is 17.8 Å². The van der Waals surface area contributed by atoms with Crippen LogP contribution in [0, 0.1) is 17.8 Å². The summed E-state index contributed by atoms with van der Waals surface area (Å²) in [5.74, 6) is 1.40. The van der Waals surface area contributed by atoms with Crippen molar-refractivity contribution in [1.82, 2.24) is 4.90 Å². The van der Waals surface area contributed by atoms with Gasteiger partial charge in [-0.3, -0.25) is 0 Å². The highest BCUT2D eigenvalue weighted by atomic mass is 19.3. The van der Waals surface area contributed by atoms with Gasteiger partial charge in [-0.25, -0.2) is 8.78 Å². The van der Waals surface area contributed by atoms with E-state index in [1.807, 2.05) is 0 Å². The van der Waals surface area contributed by atoms with Gasteiger partial charge in [0, 0.05) is 6.54 Å². The highest BCUT2D eigenvalue weighted by molar-refractivity contribution is 4.82. The van der Waals surface area contributed by atoms with Gasteiger partial charge in [0.15, 0.2) is 0 Å². The SMILES string of the molecule is CC(C)C1CCC(O)C(CN(C)CC(F)F)C1. The summed E-state index contributed by atoms with van der Waals surface area (Å²) in [5, 5.41) is 9.94. The van der Waals surface area contributed by atoms with Crippen LogP contribution in [0.25, 0.3) is 0 Å². The zero-order chi connectivity index (χ0) is 13.0. The van der Waals surface area contributed by atoms with Gasteiger partial charge in [-0.2, -0.15) is 0 Å². The molecule has 1 aliphatic carbocycles. The Balaban J connectivity index is 2.44. The Morgan fingerprint density at radius 3 is 2.47 bits per heavy atom. The molecule has 0 amide bonds. The number of hydrogen-bond acceptors (Lipinski definition) is 2. The van der Waals surface area contributed by atoms with Crippen LogP contribution >= 0.6 is 0 Å². The van der Waals surface area contributed by atoms with Crippen LogP contribution in [-0.4, -0.2) is 42.7 Å². The maximum atomic E-state index is 12.2. The molecular weight excluding hydrogens is 224 g/mol. The Hall–Kier alpha value is -0.220. The van der Waals surface area contributed by atoms with Crippen molar-refractivity contribution in [1.29, 1.82) is 0 Å². The quantitative estimate of drug-likeness (QED) is 0.809. The molecule has 0 saturated heterocycles. The number of alkyl halides is 2. The third-order valence-electron chi connectivity index (χ3n) is 3.92. The Morgan fingerprint density at radius 2 is 1.94 bits per heavy atom. The first-order chi connectivity index (χ1) is 7.90. The van der Waals surface area contributed by atoms with E-state index in [2.05, 4.69) is 13.8 Å². The minimum absolute atomic E-state index is 0.153. The molecule has 2 nitrogen and oxygen atoms in total. The molecule has 102 valence electrons. The molecule has 0 aromatic carbocycles. The van der Waals surface area contributed by atoms with Gasteiger partial charge >= 0.3 is 0 Å². The normalized spacial score (nSPS) is 30.5. The summed E-state index contributed by atoms with van der Waals surface area (Å²) in [4.78, 5) is 1.64. The second kappa shape index (κ2) is 6.64. The molecule has 17 heavy (non-hydrogen) atoms. The lowest BCUT2D eigenvalue weighted by molar-refractivity contribution is 0.0119. The largest absolute Gasteiger partial charge is 0.393 e. The number of nitrogens with zero attached hydrogens (tertiary/aromatic N) is 1. The maximum absolute atomic E-state index is 12.2. The third-order valence-corrected chi connectivity index (χ3v) is 3.92. The van der Waals surface area contributed by atoms with Crippen molar-refractivity contribution in [3.63, 3.8) is 0 Å². The molecule has 0 aliphatic heterocycles. The summed E-state index contributed by atoms with van der Waals surface area (Å²) in [7, 11) is 1.71. The van der Waals surface area contributed by atoms with Crippen LogP contribution in [0.4, 0.5) is 8.78 Å². The van der Waals surface area contributed by atoms with E-state index in [0.29, 0.717) is 18.4 Å². The first-order valence-electron chi connectivity index (χ1n) is 6.55. The fourth-order valence-corrected chi connectivity index (χ4v) is 2.80. The lowest BCUT2D eigenvalue weighted by Crippen LogP contribution is -2.39. The van der Waals surface area contributed by atoms with Crippen LogP contribution in [0.5, 0.6) is 0 Å². The Morgan fingerprint density at radius 1 is 1.29 bits per heavy atom. The molecule has 1 aliphatic rings. The highest BCUT2D eigenvalue weighted by Crippen LogP contribution is 2.34. The van der Waals surface area contributed by atoms with Crippen molar-refractivity contribution < 1.29 is 13.9 Å². The molecule has 4 heteroatoms. The van der Waals surface area contributed by atoms with Gasteiger partial charge in [-0.15, -0.1) is 0 Å². The standard InChI is InChI=1S/C13H25F2NO/c1-9(2)10-4-5-12(17)11(6-10)7-16(3)8-13(14)15/h9-13,17H,4-8H2,1-3H3. The smallest absolute Gasteiger partial charge is 0.251 e. The van der Waals surface area contributed by atoms with E-state index in [4.69, 9.17) is 0 Å². The predicted molar refractivity (Wildman–Crippen MR) is 65.2 cm³/mol. The van der Waals surface area contributed by atoms with E-state index >= 15 is 0 Å². The van der Waals surface area contributed by atoms with E-state index in [1.165, 1.54) is 0 Å². The second-order valence-corrected chi connectivity index (χ2v) is 5.76. The zero-order valence-corrected chi connectivity index (χ0v) is 11.1. The Bertz CT molecular complexity index is 223. The highest BCUT2D eigenvalue weighted by Gasteiger charge is 2.31. The zero-order valence-electron chi connectivity index (χ0n) is 11.1. The maximum Gasteiger partial charge on any atom is 0.251 e. The van der Waals surface area contributed by atoms with Gasteiger partial charge in [0.05, 0.1) is 12.6 Å². The molecule has 3 unspecified atom stereocenters. The summed E-state index contributed by atoms with van der Waals surface area (Å²) < 4.78 is 24.5. The van der Waals surface area contributed by atoms with Gasteiger partial charge in [0.25, 0.3) is 6.43 Å². The van der Waals surface area contributed by atoms with Gasteiger partial charge in [-0.1, -0.05) is 13.8 Å². The summed E-state index contributed by atoms with van der Waals surface area (Å²) >= 11 is 0. The molecule has 0 heterocycles. The fourth-order valence-electron chi connectivity index (χ4n) is 2.80. The molecule has 0 aromatic heterocycles. The number of hydrogen-bond donors (Lipinski definition) is 1. The van der Waals surface area contributed by atoms with Crippen LogP contribution < -0.4 is 0 Å². The molecule has 0 spiro atoms. The van der Waals surface area contributed by atoms with Crippen molar-refractivity contribution >= 4 is 0 Å². The topological polar surface area (TPSA) is 23.5 Å². The van der Waals surface area contributed by atoms with Crippen molar-refractivity contribution in [3.05, 3.63) is 0 Å². The number of aliphatic hydroxyl groups excluding tert-OH is 1. The van der Waals surface area contributed by atoms with Crippen molar-refractivity contribution in [3.8, 4) is 0 Å². The average Bonchev–Trinajstić information content (AvgIpc) is 2.19. The molecule has 1 N–H and O–H groups in total. The molecule has 0 aromatic rings. The lowest BCUT2D eigenvalue weighted by Gasteiger charge is -2.37. The summed E-state index contributed by atoms with van der Waals surface area (Å²) in [6.45, 7) is 4.77. The van der Waals surface area contributed by atoms with Crippen LogP contribution in [0.1, 0.15) is 33.1 Å².